The van der Waals surface area contributed by atoms with Crippen molar-refractivity contribution in [2.45, 2.75) is 104 Å². The number of hydrogen-bond donors (Lipinski definition) is 3. The molecular weight excluding hydrogens is 706 g/mol. The number of Topliss-reactive ketones (excluding diaryl/α,β-unsaturated/α-hetero) is 3. The molecule has 0 bridgehead atoms. The monoisotopic (exact) mass is 754 g/mol. The largest absolute Gasteiger partial charge is 0.352 e. The van der Waals surface area contributed by atoms with Gasteiger partial charge in [0.2, 0.25) is 0 Å². The molecular formula is C32H48N3O6W-. The van der Waals surface area contributed by atoms with Gasteiger partial charge in [-0.15, -0.1) is 0 Å². The van der Waals surface area contributed by atoms with Crippen LogP contribution in [-0.4, -0.2) is 54.7 Å². The van der Waals surface area contributed by atoms with E-state index in [1.165, 1.54) is 18.2 Å². The summed E-state index contributed by atoms with van der Waals surface area (Å²) in [6.07, 6.45) is 9.40. The van der Waals surface area contributed by atoms with Gasteiger partial charge in [0.05, 0.1) is 0 Å². The average molecular weight is 755 g/mol. The van der Waals surface area contributed by atoms with E-state index in [0.29, 0.717) is 64.6 Å². The van der Waals surface area contributed by atoms with Crippen LogP contribution in [0, 0.1) is 6.92 Å². The van der Waals surface area contributed by atoms with Crippen LogP contribution in [0.25, 0.3) is 0 Å². The molecule has 0 heterocycles. The number of carbonyl (C=O) groups excluding carboxylic acids is 6. The summed E-state index contributed by atoms with van der Waals surface area (Å²) in [5, 5.41) is 8.50. The summed E-state index contributed by atoms with van der Waals surface area (Å²) in [7, 11) is 0. The Morgan fingerprint density at radius 3 is 1.12 bits per heavy atom. The number of unbranched alkanes of at least 4 members (excludes halogenated alkanes) is 6. The Morgan fingerprint density at radius 2 is 0.833 bits per heavy atom. The van der Waals surface area contributed by atoms with E-state index in [0.717, 1.165) is 44.9 Å². The molecule has 234 valence electrons. The second-order valence-corrected chi connectivity index (χ2v) is 10.3. The molecule has 0 unspecified atom stereocenters. The molecule has 0 aromatic heterocycles. The van der Waals surface area contributed by atoms with Gasteiger partial charge in [-0.3, -0.25) is 24.0 Å². The minimum Gasteiger partial charge on any atom is -0.352 e. The molecule has 3 amide bonds. The van der Waals surface area contributed by atoms with E-state index in [-0.39, 0.29) is 72.8 Å². The fourth-order valence-corrected chi connectivity index (χ4v) is 4.16. The third-order valence-corrected chi connectivity index (χ3v) is 6.76. The van der Waals surface area contributed by atoms with E-state index in [4.69, 9.17) is 0 Å². The summed E-state index contributed by atoms with van der Waals surface area (Å²) in [5.41, 5.74) is 0.652. The van der Waals surface area contributed by atoms with Gasteiger partial charge in [-0.1, -0.05) is 33.1 Å². The van der Waals surface area contributed by atoms with Crippen molar-refractivity contribution in [3.05, 3.63) is 41.8 Å². The minimum atomic E-state index is -0.386. The predicted octanol–water partition coefficient (Wildman–Crippen LogP) is 4.92. The van der Waals surface area contributed by atoms with Crippen LogP contribution in [0.3, 0.4) is 0 Å². The standard InChI is InChI=1S/C32H48N3O6.W/c1-4-28(37)16-10-7-13-19-34-31(40)26-21-25(30(39)33-18-12-6-9-15-24(3)36)22-27(23-26)32(41)35-20-14-8-11-17-29(38)5-2;/h21-23H,3-20H2,1-2H3,(H,33,39)(H,34,40)(H,35,41);/q-1;. The zero-order valence-electron chi connectivity index (χ0n) is 25.3. The summed E-state index contributed by atoms with van der Waals surface area (Å²) >= 11 is 0. The van der Waals surface area contributed by atoms with Crippen LogP contribution < -0.4 is 16.0 Å². The summed E-state index contributed by atoms with van der Waals surface area (Å²) in [6.45, 7) is 8.30. The Hall–Kier alpha value is -2.80. The van der Waals surface area contributed by atoms with Gasteiger partial charge in [0.25, 0.3) is 17.7 Å². The molecule has 42 heavy (non-hydrogen) atoms. The topological polar surface area (TPSA) is 139 Å². The molecule has 0 spiro atoms. The van der Waals surface area contributed by atoms with Gasteiger partial charge in [0, 0.05) is 83.1 Å². The minimum absolute atomic E-state index is 0. The maximum atomic E-state index is 12.9. The molecule has 0 atom stereocenters. The molecule has 1 rings (SSSR count). The van der Waals surface area contributed by atoms with Crippen LogP contribution >= 0.6 is 0 Å². The Labute approximate surface area is 265 Å². The molecule has 0 aliphatic carbocycles. The molecule has 0 aliphatic heterocycles. The van der Waals surface area contributed by atoms with Crippen molar-refractivity contribution < 1.29 is 49.8 Å². The van der Waals surface area contributed by atoms with Crippen molar-refractivity contribution in [3.63, 3.8) is 0 Å². The van der Waals surface area contributed by atoms with Gasteiger partial charge < -0.3 is 27.7 Å². The van der Waals surface area contributed by atoms with Crippen molar-refractivity contribution >= 4 is 35.1 Å². The molecule has 3 N–H and O–H groups in total. The maximum absolute atomic E-state index is 12.9. The predicted molar refractivity (Wildman–Crippen MR) is 160 cm³/mol. The second-order valence-electron chi connectivity index (χ2n) is 10.3. The van der Waals surface area contributed by atoms with E-state index in [2.05, 4.69) is 22.9 Å². The van der Waals surface area contributed by atoms with Gasteiger partial charge in [0.15, 0.2) is 0 Å². The first-order valence-corrected chi connectivity index (χ1v) is 15.1. The Kier molecular flexibility index (Phi) is 22.1. The molecule has 0 fully saturated rings. The maximum Gasteiger partial charge on any atom is 0.251 e. The third-order valence-electron chi connectivity index (χ3n) is 6.76. The van der Waals surface area contributed by atoms with Gasteiger partial charge >= 0.3 is 0 Å². The van der Waals surface area contributed by atoms with Crippen molar-refractivity contribution in [3.8, 4) is 0 Å². The van der Waals surface area contributed by atoms with E-state index in [9.17, 15) is 28.8 Å². The number of hydrogen-bond acceptors (Lipinski definition) is 6. The van der Waals surface area contributed by atoms with Gasteiger partial charge in [0.1, 0.15) is 11.6 Å². The summed E-state index contributed by atoms with van der Waals surface area (Å²) in [4.78, 5) is 72.5. The molecule has 1 aromatic carbocycles. The molecule has 1 aromatic rings. The van der Waals surface area contributed by atoms with Crippen LogP contribution in [0.1, 0.15) is 135 Å². The SMILES string of the molecule is [CH2-]C(=O)CCCCCNC(=O)c1cc(C(=O)NCCCCCC(=O)CC)cc(C(=O)NCCCCCC(=O)CC)c1.[W]. The number of benzene rings is 1. The number of amides is 3. The van der Waals surface area contributed by atoms with Gasteiger partial charge in [-0.2, -0.15) is 0 Å². The Morgan fingerprint density at radius 1 is 0.524 bits per heavy atom. The molecule has 0 aliphatic rings. The van der Waals surface area contributed by atoms with Crippen molar-refractivity contribution in [2.75, 3.05) is 19.6 Å². The first kappa shape index (κ1) is 39.2. The molecule has 0 radical (unpaired) electrons. The molecule has 10 heteroatoms. The zero-order chi connectivity index (χ0) is 30.5. The third kappa shape index (κ3) is 17.9. The van der Waals surface area contributed by atoms with Crippen LogP contribution in [0.4, 0.5) is 0 Å². The quantitative estimate of drug-likeness (QED) is 0.107. The second kappa shape index (κ2) is 23.7. The molecule has 0 saturated carbocycles. The van der Waals surface area contributed by atoms with E-state index < -0.39 is 0 Å². The van der Waals surface area contributed by atoms with Crippen LogP contribution in [-0.2, 0) is 35.4 Å². The first-order valence-electron chi connectivity index (χ1n) is 15.1. The Bertz CT molecular complexity index is 969. The van der Waals surface area contributed by atoms with Crippen molar-refractivity contribution in [1.29, 1.82) is 0 Å². The summed E-state index contributed by atoms with van der Waals surface area (Å²) < 4.78 is 0. The summed E-state index contributed by atoms with van der Waals surface area (Å²) in [5.74, 6) is -0.783. The van der Waals surface area contributed by atoms with E-state index in [1.807, 2.05) is 13.8 Å². The molecule has 9 nitrogen and oxygen atoms in total. The number of ketones is 3. The number of nitrogens with one attached hydrogen (secondary N) is 3. The van der Waals surface area contributed by atoms with Gasteiger partial charge in [-0.05, 0) is 68.9 Å². The fraction of sp³-hybridized carbons (Fsp3) is 0.594. The van der Waals surface area contributed by atoms with Crippen molar-refractivity contribution in [1.82, 2.24) is 16.0 Å². The van der Waals surface area contributed by atoms with Crippen LogP contribution in [0.5, 0.6) is 0 Å². The van der Waals surface area contributed by atoms with E-state index in [1.54, 1.807) is 0 Å². The Balaban J connectivity index is 0.0000168. The van der Waals surface area contributed by atoms with E-state index >= 15 is 0 Å². The van der Waals surface area contributed by atoms with Crippen LogP contribution in [0.2, 0.25) is 0 Å². The van der Waals surface area contributed by atoms with Crippen LogP contribution in [0.15, 0.2) is 18.2 Å². The number of carbonyl (C=O) groups is 6. The average Bonchev–Trinajstić information content (AvgIpc) is 2.97. The summed E-state index contributed by atoms with van der Waals surface area (Å²) in [6, 6.07) is 4.44. The first-order chi connectivity index (χ1) is 19.7. The molecule has 0 saturated heterocycles. The number of rotatable bonds is 23. The van der Waals surface area contributed by atoms with Crippen molar-refractivity contribution in [2.24, 2.45) is 0 Å². The smallest absolute Gasteiger partial charge is 0.251 e. The zero-order valence-corrected chi connectivity index (χ0v) is 28.3. The fourth-order valence-electron chi connectivity index (χ4n) is 4.16. The van der Waals surface area contributed by atoms with Gasteiger partial charge in [-0.25, -0.2) is 0 Å². The normalized spacial score (nSPS) is 10.3.